The summed E-state index contributed by atoms with van der Waals surface area (Å²) in [6.07, 6.45) is 0. The molecule has 1 atom stereocenters. The second-order valence-electron chi connectivity index (χ2n) is 6.55. The fourth-order valence-corrected chi connectivity index (χ4v) is 3.39. The maximum absolute atomic E-state index is 12.9. The molecule has 1 heterocycles. The Hall–Kier alpha value is -2.89. The maximum atomic E-state index is 12.9. The Labute approximate surface area is 160 Å². The lowest BCUT2D eigenvalue weighted by Crippen LogP contribution is -2.52. The van der Waals surface area contributed by atoms with E-state index in [1.54, 1.807) is 14.2 Å². The lowest BCUT2D eigenvalue weighted by molar-refractivity contribution is -0.131. The number of methoxy groups -OCH3 is 2. The van der Waals surface area contributed by atoms with Gasteiger partial charge in [0.05, 0.1) is 19.9 Å². The van der Waals surface area contributed by atoms with Crippen molar-refractivity contribution in [3.63, 3.8) is 0 Å². The van der Waals surface area contributed by atoms with Crippen LogP contribution >= 0.6 is 0 Å². The number of para-hydroxylation sites is 2. The Balaban J connectivity index is 1.60. The van der Waals surface area contributed by atoms with Crippen LogP contribution in [0.4, 0.5) is 11.4 Å². The van der Waals surface area contributed by atoms with Gasteiger partial charge in [0.25, 0.3) is 0 Å². The molecule has 1 aliphatic heterocycles. The number of nitrogens with one attached hydrogen (secondary N) is 1. The molecule has 1 saturated heterocycles. The summed E-state index contributed by atoms with van der Waals surface area (Å²) in [6.45, 7) is 4.99. The molecule has 1 amide bonds. The Morgan fingerprint density at radius 3 is 2.30 bits per heavy atom. The second kappa shape index (κ2) is 8.66. The number of amides is 1. The molecule has 1 aliphatic rings. The van der Waals surface area contributed by atoms with Crippen LogP contribution in [0.5, 0.6) is 11.5 Å². The van der Waals surface area contributed by atoms with E-state index in [0.29, 0.717) is 11.5 Å². The number of carbonyl (C=O) groups excluding carboxylic acids is 1. The molecule has 0 radical (unpaired) electrons. The van der Waals surface area contributed by atoms with Gasteiger partial charge in [-0.15, -0.1) is 0 Å². The first kappa shape index (κ1) is 18.9. The van der Waals surface area contributed by atoms with Gasteiger partial charge in [0.2, 0.25) is 5.91 Å². The van der Waals surface area contributed by atoms with Crippen LogP contribution < -0.4 is 19.7 Å². The van der Waals surface area contributed by atoms with E-state index in [1.807, 2.05) is 48.2 Å². The molecular formula is C21H27N3O3. The van der Waals surface area contributed by atoms with Crippen molar-refractivity contribution in [1.29, 1.82) is 0 Å². The third-order valence-corrected chi connectivity index (χ3v) is 4.86. The topological polar surface area (TPSA) is 54.0 Å². The van der Waals surface area contributed by atoms with Gasteiger partial charge in [-0.25, -0.2) is 0 Å². The van der Waals surface area contributed by atoms with Crippen LogP contribution in [-0.4, -0.2) is 57.2 Å². The molecule has 6 heteroatoms. The highest BCUT2D eigenvalue weighted by atomic mass is 16.5. The van der Waals surface area contributed by atoms with Crippen molar-refractivity contribution in [2.75, 3.05) is 50.6 Å². The van der Waals surface area contributed by atoms with Crippen molar-refractivity contribution in [2.45, 2.75) is 13.0 Å². The summed E-state index contributed by atoms with van der Waals surface area (Å²) in [7, 11) is 3.20. The normalized spacial score (nSPS) is 15.2. The van der Waals surface area contributed by atoms with Crippen molar-refractivity contribution < 1.29 is 14.3 Å². The van der Waals surface area contributed by atoms with E-state index in [2.05, 4.69) is 22.3 Å². The average Bonchev–Trinajstić information content (AvgIpc) is 2.73. The zero-order valence-corrected chi connectivity index (χ0v) is 16.1. The maximum Gasteiger partial charge on any atom is 0.244 e. The summed E-state index contributed by atoms with van der Waals surface area (Å²) in [5, 5.41) is 3.27. The van der Waals surface area contributed by atoms with Gasteiger partial charge in [-0.05, 0) is 31.2 Å². The number of benzene rings is 2. The highest BCUT2D eigenvalue weighted by molar-refractivity contribution is 5.85. The van der Waals surface area contributed by atoms with Crippen molar-refractivity contribution in [3.05, 3.63) is 48.5 Å². The number of carbonyl (C=O) groups is 1. The zero-order valence-electron chi connectivity index (χ0n) is 16.1. The number of nitrogens with zero attached hydrogens (tertiary/aromatic N) is 2. The van der Waals surface area contributed by atoms with E-state index in [9.17, 15) is 4.79 Å². The first-order valence-electron chi connectivity index (χ1n) is 9.20. The number of piperazine rings is 1. The minimum atomic E-state index is -0.353. The largest absolute Gasteiger partial charge is 0.493 e. The number of ether oxygens (including phenoxy) is 2. The molecule has 1 fully saturated rings. The highest BCUT2D eigenvalue weighted by Gasteiger charge is 2.25. The van der Waals surface area contributed by atoms with Gasteiger partial charge in [-0.3, -0.25) is 4.79 Å². The van der Waals surface area contributed by atoms with Crippen LogP contribution in [0.1, 0.15) is 6.92 Å². The summed E-state index contributed by atoms with van der Waals surface area (Å²) in [6, 6.07) is 15.6. The van der Waals surface area contributed by atoms with Gasteiger partial charge in [-0.2, -0.15) is 0 Å². The zero-order chi connectivity index (χ0) is 19.2. The average molecular weight is 369 g/mol. The van der Waals surface area contributed by atoms with Crippen molar-refractivity contribution in [3.8, 4) is 11.5 Å². The summed E-state index contributed by atoms with van der Waals surface area (Å²) >= 11 is 0. The summed E-state index contributed by atoms with van der Waals surface area (Å²) in [5.41, 5.74) is 1.96. The van der Waals surface area contributed by atoms with Crippen LogP contribution in [-0.2, 0) is 4.79 Å². The smallest absolute Gasteiger partial charge is 0.244 e. The van der Waals surface area contributed by atoms with Gasteiger partial charge < -0.3 is 24.6 Å². The van der Waals surface area contributed by atoms with Crippen LogP contribution in [0.3, 0.4) is 0 Å². The number of hydrogen-bond donors (Lipinski definition) is 1. The van der Waals surface area contributed by atoms with Gasteiger partial charge >= 0.3 is 0 Å². The van der Waals surface area contributed by atoms with Crippen molar-refractivity contribution >= 4 is 17.3 Å². The molecule has 6 nitrogen and oxygen atoms in total. The fourth-order valence-electron chi connectivity index (χ4n) is 3.39. The Kier molecular flexibility index (Phi) is 6.06. The van der Waals surface area contributed by atoms with E-state index >= 15 is 0 Å². The Bertz CT molecular complexity index is 759. The van der Waals surface area contributed by atoms with Crippen LogP contribution in [0.15, 0.2) is 48.5 Å². The fraction of sp³-hybridized carbons (Fsp3) is 0.381. The quantitative estimate of drug-likeness (QED) is 0.849. The molecule has 3 rings (SSSR count). The number of hydrogen-bond acceptors (Lipinski definition) is 5. The summed E-state index contributed by atoms with van der Waals surface area (Å²) in [4.78, 5) is 17.1. The molecule has 144 valence electrons. The number of rotatable bonds is 6. The predicted molar refractivity (Wildman–Crippen MR) is 108 cm³/mol. The first-order chi connectivity index (χ1) is 13.1. The lowest BCUT2D eigenvalue weighted by atomic mass is 10.2. The summed E-state index contributed by atoms with van der Waals surface area (Å²) in [5.74, 6) is 1.33. The molecule has 0 spiro atoms. The molecule has 27 heavy (non-hydrogen) atoms. The first-order valence-corrected chi connectivity index (χ1v) is 9.20. The van der Waals surface area contributed by atoms with Gasteiger partial charge in [0, 0.05) is 31.9 Å². The van der Waals surface area contributed by atoms with E-state index in [4.69, 9.17) is 9.47 Å². The van der Waals surface area contributed by atoms with Gasteiger partial charge in [0.15, 0.2) is 11.5 Å². The Morgan fingerprint density at radius 2 is 1.67 bits per heavy atom. The van der Waals surface area contributed by atoms with E-state index < -0.39 is 0 Å². The molecule has 1 unspecified atom stereocenters. The second-order valence-corrected chi connectivity index (χ2v) is 6.55. The number of anilines is 2. The van der Waals surface area contributed by atoms with Gasteiger partial charge in [-0.1, -0.05) is 24.3 Å². The van der Waals surface area contributed by atoms with Crippen LogP contribution in [0, 0.1) is 0 Å². The minimum absolute atomic E-state index is 0.0904. The van der Waals surface area contributed by atoms with Gasteiger partial charge in [0.1, 0.15) is 6.04 Å². The third-order valence-electron chi connectivity index (χ3n) is 4.86. The molecular weight excluding hydrogens is 342 g/mol. The molecule has 2 aromatic carbocycles. The van der Waals surface area contributed by atoms with Crippen molar-refractivity contribution in [2.24, 2.45) is 0 Å². The van der Waals surface area contributed by atoms with Crippen molar-refractivity contribution in [1.82, 2.24) is 4.90 Å². The third kappa shape index (κ3) is 4.27. The lowest BCUT2D eigenvalue weighted by Gasteiger charge is -2.37. The van der Waals surface area contributed by atoms with Crippen LogP contribution in [0.2, 0.25) is 0 Å². The van der Waals surface area contributed by atoms with E-state index in [1.165, 1.54) is 5.69 Å². The molecule has 1 N–H and O–H groups in total. The van der Waals surface area contributed by atoms with E-state index in [0.717, 1.165) is 31.9 Å². The molecule has 2 aromatic rings. The molecule has 0 saturated carbocycles. The standard InChI is InChI=1S/C21H27N3O3/c1-16(22-18-10-7-11-19(26-2)20(18)27-3)21(25)24-14-12-23(13-15-24)17-8-5-4-6-9-17/h4-11,16,22H,12-15H2,1-3H3. The van der Waals surface area contributed by atoms with E-state index in [-0.39, 0.29) is 11.9 Å². The molecule has 0 aromatic heterocycles. The predicted octanol–water partition coefficient (Wildman–Crippen LogP) is 2.85. The Morgan fingerprint density at radius 1 is 0.963 bits per heavy atom. The van der Waals surface area contributed by atoms with Crippen LogP contribution in [0.25, 0.3) is 0 Å². The monoisotopic (exact) mass is 369 g/mol. The molecule has 0 bridgehead atoms. The highest BCUT2D eigenvalue weighted by Crippen LogP contribution is 2.35. The summed E-state index contributed by atoms with van der Waals surface area (Å²) < 4.78 is 10.8. The minimum Gasteiger partial charge on any atom is -0.493 e. The SMILES string of the molecule is COc1cccc(NC(C)C(=O)N2CCN(c3ccccc3)CC2)c1OC. The molecule has 0 aliphatic carbocycles.